The maximum absolute atomic E-state index is 13.3. The Morgan fingerprint density at radius 1 is 1.15 bits per heavy atom. The number of ether oxygens (including phenoxy) is 1. The van der Waals surface area contributed by atoms with Crippen LogP contribution in [0.1, 0.15) is 15.9 Å². The summed E-state index contributed by atoms with van der Waals surface area (Å²) >= 11 is 0. The molecule has 1 aliphatic heterocycles. The summed E-state index contributed by atoms with van der Waals surface area (Å²) in [6.45, 7) is 2.68. The second kappa shape index (κ2) is 7.28. The van der Waals surface area contributed by atoms with E-state index >= 15 is 0 Å². The Morgan fingerprint density at radius 2 is 1.88 bits per heavy atom. The minimum absolute atomic E-state index is 0.185. The van der Waals surface area contributed by atoms with Crippen LogP contribution in [0, 0.1) is 5.82 Å². The van der Waals surface area contributed by atoms with Crippen molar-refractivity contribution in [1.82, 2.24) is 4.98 Å². The summed E-state index contributed by atoms with van der Waals surface area (Å²) in [5.41, 5.74) is -0.939. The van der Waals surface area contributed by atoms with Gasteiger partial charge < -0.3 is 15.0 Å². The second-order valence-electron chi connectivity index (χ2n) is 5.65. The van der Waals surface area contributed by atoms with E-state index in [2.05, 4.69) is 15.2 Å². The van der Waals surface area contributed by atoms with Gasteiger partial charge in [-0.05, 0) is 30.3 Å². The number of carbonyl (C=O) groups excluding carboxylic acids is 1. The van der Waals surface area contributed by atoms with Crippen molar-refractivity contribution in [3.05, 3.63) is 53.5 Å². The fourth-order valence-corrected chi connectivity index (χ4v) is 2.54. The fourth-order valence-electron chi connectivity index (χ4n) is 2.54. The first kappa shape index (κ1) is 18.1. The van der Waals surface area contributed by atoms with Gasteiger partial charge in [0.25, 0.3) is 5.91 Å². The Balaban J connectivity index is 1.72. The number of amides is 1. The van der Waals surface area contributed by atoms with Gasteiger partial charge in [-0.15, -0.1) is 0 Å². The number of aromatic nitrogens is 1. The molecule has 26 heavy (non-hydrogen) atoms. The van der Waals surface area contributed by atoms with Crippen molar-refractivity contribution >= 4 is 17.4 Å². The van der Waals surface area contributed by atoms with Gasteiger partial charge in [-0.1, -0.05) is 0 Å². The quantitative estimate of drug-likeness (QED) is 0.844. The highest BCUT2D eigenvalue weighted by atomic mass is 19.4. The predicted octanol–water partition coefficient (Wildman–Crippen LogP) is 3.33. The van der Waals surface area contributed by atoms with Crippen LogP contribution in [-0.4, -0.2) is 37.2 Å². The smallest absolute Gasteiger partial charge is 0.378 e. The van der Waals surface area contributed by atoms with Gasteiger partial charge in [0, 0.05) is 18.7 Å². The molecule has 1 amide bonds. The van der Waals surface area contributed by atoms with E-state index in [4.69, 9.17) is 4.74 Å². The molecule has 2 aromatic rings. The highest BCUT2D eigenvalue weighted by Gasteiger charge is 2.34. The van der Waals surface area contributed by atoms with E-state index in [1.54, 1.807) is 18.3 Å². The number of nitrogens with one attached hydrogen (secondary N) is 1. The molecule has 0 saturated carbocycles. The third-order valence-corrected chi connectivity index (χ3v) is 3.90. The number of hydrogen-bond acceptors (Lipinski definition) is 4. The normalized spacial score (nSPS) is 15.0. The summed E-state index contributed by atoms with van der Waals surface area (Å²) in [5.74, 6) is -2.05. The van der Waals surface area contributed by atoms with E-state index in [0.717, 1.165) is 24.8 Å². The summed E-state index contributed by atoms with van der Waals surface area (Å²) in [4.78, 5) is 18.3. The van der Waals surface area contributed by atoms with E-state index in [9.17, 15) is 22.4 Å². The standard InChI is InChI=1S/C17H15F4N3O2/c18-14-3-1-11(9-13(14)17(19,20)21)16(25)23-15-4-2-12(10-22-15)24-5-7-26-8-6-24/h1-4,9-10H,5-8H2,(H,22,23,25). The molecule has 0 atom stereocenters. The molecule has 9 heteroatoms. The lowest BCUT2D eigenvalue weighted by atomic mass is 10.1. The number of pyridine rings is 1. The lowest BCUT2D eigenvalue weighted by Crippen LogP contribution is -2.36. The Hall–Kier alpha value is -2.68. The average molecular weight is 369 g/mol. The molecule has 0 aliphatic carbocycles. The molecule has 1 aromatic heterocycles. The predicted molar refractivity (Wildman–Crippen MR) is 86.6 cm³/mol. The number of anilines is 2. The monoisotopic (exact) mass is 369 g/mol. The second-order valence-corrected chi connectivity index (χ2v) is 5.65. The van der Waals surface area contributed by atoms with E-state index in [1.165, 1.54) is 0 Å². The van der Waals surface area contributed by atoms with Gasteiger partial charge in [-0.3, -0.25) is 4.79 Å². The van der Waals surface area contributed by atoms with Gasteiger partial charge >= 0.3 is 6.18 Å². The molecular formula is C17H15F4N3O2. The number of alkyl halides is 3. The number of hydrogen-bond donors (Lipinski definition) is 1. The molecule has 0 radical (unpaired) electrons. The van der Waals surface area contributed by atoms with Crippen molar-refractivity contribution in [2.45, 2.75) is 6.18 Å². The summed E-state index contributed by atoms with van der Waals surface area (Å²) in [6.07, 6.45) is -3.31. The van der Waals surface area contributed by atoms with E-state index in [1.807, 2.05) is 0 Å². The molecule has 1 N–H and O–H groups in total. The first-order valence-corrected chi connectivity index (χ1v) is 7.81. The Labute approximate surface area is 146 Å². The van der Waals surface area contributed by atoms with Crippen LogP contribution in [-0.2, 0) is 10.9 Å². The zero-order valence-corrected chi connectivity index (χ0v) is 13.5. The number of morpholine rings is 1. The van der Waals surface area contributed by atoms with Crippen LogP contribution in [0.25, 0.3) is 0 Å². The highest BCUT2D eigenvalue weighted by Crippen LogP contribution is 2.32. The Morgan fingerprint density at radius 3 is 2.50 bits per heavy atom. The summed E-state index contributed by atoms with van der Waals surface area (Å²) in [7, 11) is 0. The molecule has 3 rings (SSSR count). The topological polar surface area (TPSA) is 54.5 Å². The molecule has 1 saturated heterocycles. The van der Waals surface area contributed by atoms with Crippen molar-refractivity contribution in [3.63, 3.8) is 0 Å². The zero-order valence-electron chi connectivity index (χ0n) is 13.5. The van der Waals surface area contributed by atoms with Crippen molar-refractivity contribution in [3.8, 4) is 0 Å². The average Bonchev–Trinajstić information content (AvgIpc) is 2.62. The van der Waals surface area contributed by atoms with E-state index in [-0.39, 0.29) is 11.4 Å². The first-order valence-electron chi connectivity index (χ1n) is 7.81. The van der Waals surface area contributed by atoms with Gasteiger partial charge in [0.1, 0.15) is 11.6 Å². The summed E-state index contributed by atoms with van der Waals surface area (Å²) in [6, 6.07) is 5.39. The zero-order chi connectivity index (χ0) is 18.7. The largest absolute Gasteiger partial charge is 0.419 e. The van der Waals surface area contributed by atoms with Gasteiger partial charge in [0.2, 0.25) is 0 Å². The number of benzene rings is 1. The van der Waals surface area contributed by atoms with Gasteiger partial charge in [-0.25, -0.2) is 9.37 Å². The Bertz CT molecular complexity index is 788. The van der Waals surface area contributed by atoms with Crippen LogP contribution in [0.3, 0.4) is 0 Å². The minimum atomic E-state index is -4.88. The molecule has 1 aliphatic rings. The molecule has 2 heterocycles. The number of carbonyl (C=O) groups is 1. The fraction of sp³-hybridized carbons (Fsp3) is 0.294. The van der Waals surface area contributed by atoms with Crippen LogP contribution in [0.2, 0.25) is 0 Å². The van der Waals surface area contributed by atoms with Crippen LogP contribution < -0.4 is 10.2 Å². The number of halogens is 4. The SMILES string of the molecule is O=C(Nc1ccc(N2CCOCC2)cn1)c1ccc(F)c(C(F)(F)F)c1. The highest BCUT2D eigenvalue weighted by molar-refractivity contribution is 6.03. The van der Waals surface area contributed by atoms with Crippen molar-refractivity contribution in [2.24, 2.45) is 0 Å². The molecule has 5 nitrogen and oxygen atoms in total. The molecule has 0 spiro atoms. The Kier molecular flexibility index (Phi) is 5.08. The number of nitrogens with zero attached hydrogens (tertiary/aromatic N) is 2. The minimum Gasteiger partial charge on any atom is -0.378 e. The van der Waals surface area contributed by atoms with Crippen molar-refractivity contribution in [1.29, 1.82) is 0 Å². The molecule has 138 valence electrons. The third-order valence-electron chi connectivity index (χ3n) is 3.90. The summed E-state index contributed by atoms with van der Waals surface area (Å²) in [5, 5.41) is 2.40. The van der Waals surface area contributed by atoms with E-state index < -0.39 is 23.5 Å². The maximum atomic E-state index is 13.3. The third kappa shape index (κ3) is 4.10. The summed E-state index contributed by atoms with van der Waals surface area (Å²) < 4.78 is 56.8. The lowest BCUT2D eigenvalue weighted by Gasteiger charge is -2.28. The molecule has 0 unspecified atom stereocenters. The number of rotatable bonds is 3. The molecular weight excluding hydrogens is 354 g/mol. The van der Waals surface area contributed by atoms with Crippen LogP contribution >= 0.6 is 0 Å². The van der Waals surface area contributed by atoms with Crippen molar-refractivity contribution in [2.75, 3.05) is 36.5 Å². The van der Waals surface area contributed by atoms with Crippen LogP contribution in [0.4, 0.5) is 29.1 Å². The first-order chi connectivity index (χ1) is 12.3. The van der Waals surface area contributed by atoms with E-state index in [0.29, 0.717) is 25.3 Å². The van der Waals surface area contributed by atoms with Gasteiger partial charge in [0.15, 0.2) is 0 Å². The van der Waals surface area contributed by atoms with Crippen LogP contribution in [0.5, 0.6) is 0 Å². The van der Waals surface area contributed by atoms with Gasteiger partial charge in [0.05, 0.1) is 30.7 Å². The molecule has 0 bridgehead atoms. The van der Waals surface area contributed by atoms with Crippen molar-refractivity contribution < 1.29 is 27.1 Å². The maximum Gasteiger partial charge on any atom is 0.419 e. The molecule has 1 aromatic carbocycles. The van der Waals surface area contributed by atoms with Crippen LogP contribution in [0.15, 0.2) is 36.5 Å². The molecule has 1 fully saturated rings. The van der Waals surface area contributed by atoms with Gasteiger partial charge in [-0.2, -0.15) is 13.2 Å². The lowest BCUT2D eigenvalue weighted by molar-refractivity contribution is -0.140.